The van der Waals surface area contributed by atoms with Crippen LogP contribution in [0.4, 0.5) is 0 Å². The second kappa shape index (κ2) is 6.43. The van der Waals surface area contributed by atoms with E-state index in [1.165, 1.54) is 13.2 Å². The number of halogens is 2. The van der Waals surface area contributed by atoms with Gasteiger partial charge in [-0.25, -0.2) is 0 Å². The van der Waals surface area contributed by atoms with E-state index in [2.05, 4.69) is 10.3 Å². The zero-order chi connectivity index (χ0) is 13.8. The Hall–Kier alpha value is -0.750. The number of aliphatic hydroxyl groups is 1. The normalized spacial score (nSPS) is 14.3. The first kappa shape index (κ1) is 15.3. The monoisotopic (exact) mass is 294 g/mol. The summed E-state index contributed by atoms with van der Waals surface area (Å²) in [6, 6.07) is 1.45. The molecule has 1 atom stereocenters. The number of hydrogen-bond donors (Lipinski definition) is 3. The quantitative estimate of drug-likeness (QED) is 0.749. The molecule has 102 valence electrons. The number of hydrogen-bond acceptors (Lipinski definition) is 3. The summed E-state index contributed by atoms with van der Waals surface area (Å²) in [6.07, 6.45) is 0.384. The van der Waals surface area contributed by atoms with Crippen molar-refractivity contribution >= 4 is 29.1 Å². The summed E-state index contributed by atoms with van der Waals surface area (Å²) in [5.41, 5.74) is -0.379. The maximum absolute atomic E-state index is 12.0. The van der Waals surface area contributed by atoms with Gasteiger partial charge in [0.1, 0.15) is 10.8 Å². The van der Waals surface area contributed by atoms with E-state index in [0.717, 1.165) is 0 Å². The highest BCUT2D eigenvalue weighted by molar-refractivity contribution is 6.41. The number of aromatic amines is 1. The summed E-state index contributed by atoms with van der Waals surface area (Å²) >= 11 is 11.5. The van der Waals surface area contributed by atoms with Gasteiger partial charge in [-0.15, -0.1) is 0 Å². The first-order chi connectivity index (χ1) is 8.41. The third-order valence-corrected chi connectivity index (χ3v) is 3.20. The van der Waals surface area contributed by atoms with Gasteiger partial charge < -0.3 is 20.1 Å². The Labute approximate surface area is 115 Å². The molecule has 0 bridgehead atoms. The molecule has 0 aliphatic carbocycles. The molecule has 0 aliphatic heterocycles. The molecule has 0 saturated carbocycles. The number of aromatic nitrogens is 1. The minimum atomic E-state index is -0.648. The van der Waals surface area contributed by atoms with E-state index in [1.54, 1.807) is 6.92 Å². The third kappa shape index (κ3) is 3.88. The van der Waals surface area contributed by atoms with Crippen LogP contribution in [0.15, 0.2) is 6.07 Å². The molecule has 1 rings (SSSR count). The molecule has 0 aromatic carbocycles. The van der Waals surface area contributed by atoms with E-state index in [-0.39, 0.29) is 28.4 Å². The van der Waals surface area contributed by atoms with Crippen molar-refractivity contribution in [3.8, 4) is 0 Å². The topological polar surface area (TPSA) is 74.3 Å². The maximum Gasteiger partial charge on any atom is 0.268 e. The molecule has 1 heterocycles. The van der Waals surface area contributed by atoms with Crippen LogP contribution in [0.2, 0.25) is 10.2 Å². The van der Waals surface area contributed by atoms with Gasteiger partial charge in [-0.05, 0) is 19.4 Å². The van der Waals surface area contributed by atoms with E-state index < -0.39 is 5.54 Å². The van der Waals surface area contributed by atoms with Gasteiger partial charge in [0.25, 0.3) is 5.91 Å². The Balaban J connectivity index is 2.78. The van der Waals surface area contributed by atoms with E-state index in [4.69, 9.17) is 33.0 Å². The number of rotatable bonds is 6. The number of amides is 1. The largest absolute Gasteiger partial charge is 0.396 e. The van der Waals surface area contributed by atoms with Gasteiger partial charge in [-0.1, -0.05) is 23.2 Å². The lowest BCUT2D eigenvalue weighted by molar-refractivity contribution is 0.0722. The standard InChI is InChI=1S/C11H16Cl2N2O3/c1-11(3-4-16,6-18-2)15-10(17)8-5-7(12)9(13)14-8/h5,14,16H,3-4,6H2,1-2H3,(H,15,17). The lowest BCUT2D eigenvalue weighted by Crippen LogP contribution is -2.50. The lowest BCUT2D eigenvalue weighted by Gasteiger charge is -2.29. The van der Waals surface area contributed by atoms with Crippen LogP contribution < -0.4 is 5.32 Å². The molecule has 3 N–H and O–H groups in total. The first-order valence-electron chi connectivity index (χ1n) is 5.38. The molecular weight excluding hydrogens is 279 g/mol. The predicted molar refractivity (Wildman–Crippen MR) is 70.3 cm³/mol. The predicted octanol–water partition coefficient (Wildman–Crippen LogP) is 1.84. The van der Waals surface area contributed by atoms with Gasteiger partial charge in [0.15, 0.2) is 0 Å². The van der Waals surface area contributed by atoms with Gasteiger partial charge >= 0.3 is 0 Å². The average molecular weight is 295 g/mol. The molecule has 1 unspecified atom stereocenters. The molecule has 1 amide bonds. The second-order valence-electron chi connectivity index (χ2n) is 4.27. The van der Waals surface area contributed by atoms with Crippen LogP contribution in [0.3, 0.4) is 0 Å². The zero-order valence-electron chi connectivity index (χ0n) is 10.2. The van der Waals surface area contributed by atoms with Crippen molar-refractivity contribution in [3.05, 3.63) is 21.9 Å². The molecular formula is C11H16Cl2N2O3. The Morgan fingerprint density at radius 1 is 1.61 bits per heavy atom. The minimum absolute atomic E-state index is 0.0492. The van der Waals surface area contributed by atoms with Crippen molar-refractivity contribution in [3.63, 3.8) is 0 Å². The first-order valence-corrected chi connectivity index (χ1v) is 6.14. The van der Waals surface area contributed by atoms with Crippen LogP contribution in [0.5, 0.6) is 0 Å². The molecule has 0 fully saturated rings. The van der Waals surface area contributed by atoms with Crippen LogP contribution in [0.1, 0.15) is 23.8 Å². The summed E-state index contributed by atoms with van der Waals surface area (Å²) in [5, 5.41) is 12.3. The maximum atomic E-state index is 12.0. The number of nitrogens with one attached hydrogen (secondary N) is 2. The Bertz CT molecular complexity index is 395. The van der Waals surface area contributed by atoms with Gasteiger partial charge in [-0.3, -0.25) is 4.79 Å². The molecule has 7 heteroatoms. The van der Waals surface area contributed by atoms with Crippen LogP contribution in [0.25, 0.3) is 0 Å². The van der Waals surface area contributed by atoms with Crippen molar-refractivity contribution in [2.24, 2.45) is 0 Å². The molecule has 0 spiro atoms. The van der Waals surface area contributed by atoms with Gasteiger partial charge in [0.2, 0.25) is 0 Å². The number of aliphatic hydroxyl groups excluding tert-OH is 1. The van der Waals surface area contributed by atoms with Crippen LogP contribution in [-0.2, 0) is 4.74 Å². The second-order valence-corrected chi connectivity index (χ2v) is 5.05. The van der Waals surface area contributed by atoms with Crippen molar-refractivity contribution in [2.45, 2.75) is 18.9 Å². The average Bonchev–Trinajstić information content (AvgIpc) is 2.59. The van der Waals surface area contributed by atoms with Gasteiger partial charge in [0, 0.05) is 13.7 Å². The SMILES string of the molecule is COCC(C)(CCO)NC(=O)c1cc(Cl)c(Cl)[nH]1. The van der Waals surface area contributed by atoms with Gasteiger partial charge in [-0.2, -0.15) is 0 Å². The lowest BCUT2D eigenvalue weighted by atomic mass is 9.99. The summed E-state index contributed by atoms with van der Waals surface area (Å²) in [4.78, 5) is 14.6. The van der Waals surface area contributed by atoms with Crippen molar-refractivity contribution in [1.29, 1.82) is 0 Å². The molecule has 5 nitrogen and oxygen atoms in total. The molecule has 0 saturated heterocycles. The Kier molecular flexibility index (Phi) is 5.47. The third-order valence-electron chi connectivity index (χ3n) is 2.51. The van der Waals surface area contributed by atoms with Crippen LogP contribution in [0, 0.1) is 0 Å². The smallest absolute Gasteiger partial charge is 0.268 e. The molecule has 1 aromatic rings. The van der Waals surface area contributed by atoms with E-state index in [1.807, 2.05) is 0 Å². The molecule has 18 heavy (non-hydrogen) atoms. The van der Waals surface area contributed by atoms with Crippen molar-refractivity contribution < 1.29 is 14.6 Å². The molecule has 0 aliphatic rings. The highest BCUT2D eigenvalue weighted by Gasteiger charge is 2.27. The van der Waals surface area contributed by atoms with Crippen molar-refractivity contribution in [1.82, 2.24) is 10.3 Å². The fraction of sp³-hybridized carbons (Fsp3) is 0.545. The number of H-pyrrole nitrogens is 1. The molecule has 0 radical (unpaired) electrons. The number of carbonyl (C=O) groups is 1. The number of carbonyl (C=O) groups excluding carboxylic acids is 1. The Morgan fingerprint density at radius 3 is 2.72 bits per heavy atom. The van der Waals surface area contributed by atoms with Crippen LogP contribution >= 0.6 is 23.2 Å². The highest BCUT2D eigenvalue weighted by Crippen LogP contribution is 2.22. The summed E-state index contributed by atoms with van der Waals surface area (Å²) in [7, 11) is 1.53. The van der Waals surface area contributed by atoms with E-state index >= 15 is 0 Å². The fourth-order valence-corrected chi connectivity index (χ4v) is 1.92. The van der Waals surface area contributed by atoms with E-state index in [0.29, 0.717) is 13.0 Å². The van der Waals surface area contributed by atoms with Crippen molar-refractivity contribution in [2.75, 3.05) is 20.3 Å². The Morgan fingerprint density at radius 2 is 2.28 bits per heavy atom. The molecule has 1 aromatic heterocycles. The van der Waals surface area contributed by atoms with Crippen LogP contribution in [-0.4, -0.2) is 41.9 Å². The number of ether oxygens (including phenoxy) is 1. The highest BCUT2D eigenvalue weighted by atomic mass is 35.5. The summed E-state index contributed by atoms with van der Waals surface area (Å²) < 4.78 is 5.04. The summed E-state index contributed by atoms with van der Waals surface area (Å²) in [6.45, 7) is 2.03. The van der Waals surface area contributed by atoms with E-state index in [9.17, 15) is 4.79 Å². The van der Waals surface area contributed by atoms with Gasteiger partial charge in [0.05, 0.1) is 17.2 Å². The fourth-order valence-electron chi connectivity index (χ4n) is 1.60. The summed E-state index contributed by atoms with van der Waals surface area (Å²) in [5.74, 6) is -0.350. The minimum Gasteiger partial charge on any atom is -0.396 e. The zero-order valence-corrected chi connectivity index (χ0v) is 11.7. The number of methoxy groups -OCH3 is 1.